The van der Waals surface area contributed by atoms with E-state index < -0.39 is 8.07 Å². The molecule has 2 rings (SSSR count). The molecule has 0 amide bonds. The van der Waals surface area contributed by atoms with Crippen molar-refractivity contribution >= 4 is 27.2 Å². The first-order valence-electron chi connectivity index (χ1n) is 13.5. The Bertz CT molecular complexity index is 537. The third kappa shape index (κ3) is 10.3. The molecule has 1 fully saturated rings. The van der Waals surface area contributed by atoms with Gasteiger partial charge in [0.15, 0.2) is 0 Å². The Kier molecular flexibility index (Phi) is 12.7. The van der Waals surface area contributed by atoms with E-state index in [2.05, 4.69) is 50.8 Å². The normalized spacial score (nSPS) is 15.8. The van der Waals surface area contributed by atoms with E-state index in [1.807, 2.05) is 0 Å². The molecule has 1 radical (unpaired) electrons. The molecule has 0 N–H and O–H groups in total. The monoisotopic (exact) mass is 443 g/mol. The fraction of sp³-hybridized carbons (Fsp3) is 0.786. The van der Waals surface area contributed by atoms with Gasteiger partial charge in [0.1, 0.15) is 0 Å². The van der Waals surface area contributed by atoms with Gasteiger partial charge in [-0.25, -0.2) is 0 Å². The zero-order valence-corrected chi connectivity index (χ0v) is 22.9. The number of hydrogen-bond acceptors (Lipinski definition) is 0. The first-order chi connectivity index (χ1) is 14.5. The maximum Gasteiger partial charge on any atom is 0.0856 e. The van der Waals surface area contributed by atoms with Gasteiger partial charge in [-0.2, -0.15) is 0 Å². The number of rotatable bonds is 15. The molecule has 1 saturated carbocycles. The minimum atomic E-state index is -1.18. The lowest BCUT2D eigenvalue weighted by atomic mass is 9.86. The Balaban J connectivity index is 1.79. The van der Waals surface area contributed by atoms with Crippen LogP contribution in [0.3, 0.4) is 0 Å². The van der Waals surface area contributed by atoms with Crippen LogP contribution in [-0.4, -0.2) is 16.9 Å². The lowest BCUT2D eigenvalue weighted by molar-refractivity contribution is 0.329. The quantitative estimate of drug-likeness (QED) is 0.188. The van der Waals surface area contributed by atoms with Crippen LogP contribution < -0.4 is 10.4 Å². The van der Waals surface area contributed by atoms with Crippen molar-refractivity contribution in [2.24, 2.45) is 5.92 Å². The van der Waals surface area contributed by atoms with Crippen LogP contribution in [0.15, 0.2) is 24.3 Å². The van der Waals surface area contributed by atoms with Crippen molar-refractivity contribution in [3.05, 3.63) is 24.3 Å². The molecule has 1 aliphatic rings. The minimum Gasteiger partial charge on any atom is -0.0656 e. The summed E-state index contributed by atoms with van der Waals surface area (Å²) in [5.41, 5.74) is 0. The van der Waals surface area contributed by atoms with Crippen LogP contribution >= 0.6 is 0 Å². The first-order valence-corrected chi connectivity index (χ1v) is 18.9. The average molecular weight is 444 g/mol. The summed E-state index contributed by atoms with van der Waals surface area (Å²) in [6.45, 7) is 9.73. The molecule has 1 aliphatic carbocycles. The van der Waals surface area contributed by atoms with Gasteiger partial charge in [-0.3, -0.25) is 0 Å². The second kappa shape index (κ2) is 14.7. The Hall–Kier alpha value is -0.346. The molecule has 30 heavy (non-hydrogen) atoms. The lowest BCUT2D eigenvalue weighted by Gasteiger charge is -2.22. The average Bonchev–Trinajstić information content (AvgIpc) is 2.74. The standard InChI is InChI=1S/C28H51Si2/c1-5-6-7-8-9-15-24-29(27-20-22-28(23-21-27)30(2,3)4)25-16-11-14-19-26-17-12-10-13-18-26/h20-23,26H,5-19,24-25H2,1-4H3. The highest BCUT2D eigenvalue weighted by atomic mass is 28.3. The predicted molar refractivity (Wildman–Crippen MR) is 143 cm³/mol. The first kappa shape index (κ1) is 25.9. The SMILES string of the molecule is CCCCCCCC[Si](CCCCCC1CCCCC1)c1ccc([Si](C)(C)C)cc1. The van der Waals surface area contributed by atoms with E-state index in [1.165, 1.54) is 108 Å². The van der Waals surface area contributed by atoms with Gasteiger partial charge < -0.3 is 0 Å². The highest BCUT2D eigenvalue weighted by Crippen LogP contribution is 2.28. The largest absolute Gasteiger partial charge is 0.0856 e. The zero-order valence-electron chi connectivity index (χ0n) is 20.9. The van der Waals surface area contributed by atoms with E-state index in [0.717, 1.165) is 5.92 Å². The molecule has 2 heteroatoms. The van der Waals surface area contributed by atoms with E-state index in [1.54, 1.807) is 10.4 Å². The molecule has 1 aromatic carbocycles. The van der Waals surface area contributed by atoms with E-state index in [9.17, 15) is 0 Å². The smallest absolute Gasteiger partial charge is 0.0656 e. The maximum atomic E-state index is 2.53. The summed E-state index contributed by atoms with van der Waals surface area (Å²) in [5, 5.41) is 3.35. The molecular formula is C28H51Si2. The molecule has 0 saturated heterocycles. The van der Waals surface area contributed by atoms with Gasteiger partial charge in [0.25, 0.3) is 0 Å². The van der Waals surface area contributed by atoms with Gasteiger partial charge in [-0.1, -0.05) is 170 Å². The molecule has 0 atom stereocenters. The van der Waals surface area contributed by atoms with Crippen molar-refractivity contribution in [2.45, 2.75) is 135 Å². The number of benzene rings is 1. The van der Waals surface area contributed by atoms with Crippen molar-refractivity contribution in [2.75, 3.05) is 0 Å². The summed E-state index contributed by atoms with van der Waals surface area (Å²) < 4.78 is 0. The number of hydrogen-bond donors (Lipinski definition) is 0. The molecule has 171 valence electrons. The second-order valence-corrected chi connectivity index (χ2v) is 18.9. The van der Waals surface area contributed by atoms with Crippen LogP contribution in [0, 0.1) is 5.92 Å². The molecule has 0 aromatic heterocycles. The van der Waals surface area contributed by atoms with E-state index in [-0.39, 0.29) is 8.80 Å². The fourth-order valence-electron chi connectivity index (χ4n) is 5.16. The van der Waals surface area contributed by atoms with Gasteiger partial charge in [0.2, 0.25) is 0 Å². The van der Waals surface area contributed by atoms with Crippen LogP contribution in [0.2, 0.25) is 31.7 Å². The second-order valence-electron chi connectivity index (χ2n) is 11.1. The fourth-order valence-corrected chi connectivity index (χ4v) is 9.15. The Labute approximate surface area is 192 Å². The van der Waals surface area contributed by atoms with E-state index in [4.69, 9.17) is 0 Å². The summed E-state index contributed by atoms with van der Waals surface area (Å²) in [6.07, 6.45) is 22.1. The molecular weight excluding hydrogens is 392 g/mol. The highest BCUT2D eigenvalue weighted by molar-refractivity contribution is 6.88. The summed E-state index contributed by atoms with van der Waals surface area (Å²) in [7, 11) is -1.54. The van der Waals surface area contributed by atoms with Gasteiger partial charge in [0.05, 0.1) is 16.9 Å². The molecule has 0 bridgehead atoms. The van der Waals surface area contributed by atoms with Crippen molar-refractivity contribution in [3.63, 3.8) is 0 Å². The van der Waals surface area contributed by atoms with Crippen LogP contribution in [0.5, 0.6) is 0 Å². The third-order valence-electron chi connectivity index (χ3n) is 7.31. The molecule has 0 nitrogen and oxygen atoms in total. The van der Waals surface area contributed by atoms with E-state index in [0.29, 0.717) is 0 Å². The number of unbranched alkanes of at least 4 members (excludes halogenated alkanes) is 7. The molecule has 0 unspecified atom stereocenters. The maximum absolute atomic E-state index is 2.53. The summed E-state index contributed by atoms with van der Waals surface area (Å²) in [4.78, 5) is 0. The third-order valence-corrected chi connectivity index (χ3v) is 12.4. The lowest BCUT2D eigenvalue weighted by Crippen LogP contribution is -2.39. The molecule has 0 spiro atoms. The Morgan fingerprint density at radius 1 is 0.733 bits per heavy atom. The van der Waals surface area contributed by atoms with Crippen molar-refractivity contribution in [3.8, 4) is 0 Å². The Morgan fingerprint density at radius 3 is 1.90 bits per heavy atom. The highest BCUT2D eigenvalue weighted by Gasteiger charge is 2.19. The minimum absolute atomic E-state index is 0.365. The van der Waals surface area contributed by atoms with Gasteiger partial charge >= 0.3 is 0 Å². The topological polar surface area (TPSA) is 0 Å². The van der Waals surface area contributed by atoms with Gasteiger partial charge in [0, 0.05) is 0 Å². The van der Waals surface area contributed by atoms with Crippen LogP contribution in [0.1, 0.15) is 103 Å². The van der Waals surface area contributed by atoms with Crippen molar-refractivity contribution < 1.29 is 0 Å². The van der Waals surface area contributed by atoms with E-state index >= 15 is 0 Å². The van der Waals surface area contributed by atoms with Crippen molar-refractivity contribution in [1.29, 1.82) is 0 Å². The van der Waals surface area contributed by atoms with Gasteiger partial charge in [-0.05, 0) is 5.92 Å². The summed E-state index contributed by atoms with van der Waals surface area (Å²) in [5.74, 6) is 1.07. The summed E-state index contributed by atoms with van der Waals surface area (Å²) >= 11 is 0. The van der Waals surface area contributed by atoms with Crippen molar-refractivity contribution in [1.82, 2.24) is 0 Å². The predicted octanol–water partition coefficient (Wildman–Crippen LogP) is 8.43. The van der Waals surface area contributed by atoms with Crippen LogP contribution in [0.25, 0.3) is 0 Å². The Morgan fingerprint density at radius 2 is 1.30 bits per heavy atom. The molecule has 0 aliphatic heterocycles. The summed E-state index contributed by atoms with van der Waals surface area (Å²) in [6, 6.07) is 13.0. The zero-order chi connectivity index (χ0) is 21.7. The van der Waals surface area contributed by atoms with Crippen LogP contribution in [0.4, 0.5) is 0 Å². The van der Waals surface area contributed by atoms with Crippen LogP contribution in [-0.2, 0) is 0 Å². The molecule has 1 aromatic rings. The molecule has 0 heterocycles. The van der Waals surface area contributed by atoms with Gasteiger partial charge in [-0.15, -0.1) is 0 Å².